The van der Waals surface area contributed by atoms with Gasteiger partial charge in [-0.3, -0.25) is 0 Å². The first-order chi connectivity index (χ1) is 9.16. The lowest BCUT2D eigenvalue weighted by atomic mass is 9.96. The van der Waals surface area contributed by atoms with Crippen LogP contribution in [0.3, 0.4) is 0 Å². The van der Waals surface area contributed by atoms with Crippen LogP contribution in [0.2, 0.25) is 0 Å². The molecule has 0 bridgehead atoms. The molecule has 1 aromatic carbocycles. The van der Waals surface area contributed by atoms with E-state index in [9.17, 15) is 5.11 Å². The fraction of sp³-hybridized carbons (Fsp3) is 0.429. The molecule has 1 aliphatic heterocycles. The van der Waals surface area contributed by atoms with Gasteiger partial charge in [-0.05, 0) is 38.3 Å². The molecule has 0 spiro atoms. The number of hydrogen-bond donors (Lipinski definition) is 1. The van der Waals surface area contributed by atoms with Crippen LogP contribution < -0.4 is 5.01 Å². The number of nitrogens with zero attached hydrogens (tertiary/aromatic N) is 3. The summed E-state index contributed by atoms with van der Waals surface area (Å²) in [7, 11) is 0. The average molecular weight is 273 g/mol. The SMILES string of the molecule is C[C@]1(O)[C@H]2CCCC2=NN1c1nc2ccccc2s1. The second kappa shape index (κ2) is 3.77. The average Bonchev–Trinajstić information content (AvgIpc) is 3.05. The van der Waals surface area contributed by atoms with Gasteiger partial charge in [-0.2, -0.15) is 5.10 Å². The number of aliphatic hydroxyl groups is 1. The van der Waals surface area contributed by atoms with Gasteiger partial charge in [-0.25, -0.2) is 9.99 Å². The minimum atomic E-state index is -0.931. The van der Waals surface area contributed by atoms with E-state index in [2.05, 4.69) is 16.2 Å². The number of hydrazone groups is 1. The zero-order valence-electron chi connectivity index (χ0n) is 10.7. The van der Waals surface area contributed by atoms with Gasteiger partial charge in [0.25, 0.3) is 0 Å². The molecule has 98 valence electrons. The Morgan fingerprint density at radius 2 is 2.26 bits per heavy atom. The first kappa shape index (κ1) is 11.4. The van der Waals surface area contributed by atoms with E-state index in [0.29, 0.717) is 0 Å². The molecule has 1 saturated carbocycles. The largest absolute Gasteiger partial charge is 0.369 e. The minimum Gasteiger partial charge on any atom is -0.369 e. The van der Waals surface area contributed by atoms with Crippen LogP contribution in [0.15, 0.2) is 29.4 Å². The number of hydrogen-bond acceptors (Lipinski definition) is 5. The number of fused-ring (bicyclic) bond motifs is 2. The highest BCUT2D eigenvalue weighted by atomic mass is 32.1. The summed E-state index contributed by atoms with van der Waals surface area (Å²) in [4.78, 5) is 4.59. The quantitative estimate of drug-likeness (QED) is 0.869. The number of thiazole rings is 1. The molecule has 0 unspecified atom stereocenters. The van der Waals surface area contributed by atoms with Gasteiger partial charge in [-0.15, -0.1) is 0 Å². The Morgan fingerprint density at radius 1 is 1.42 bits per heavy atom. The lowest BCUT2D eigenvalue weighted by Crippen LogP contribution is -2.45. The van der Waals surface area contributed by atoms with Crippen LogP contribution in [-0.2, 0) is 0 Å². The van der Waals surface area contributed by atoms with Crippen LogP contribution in [0, 0.1) is 5.92 Å². The molecule has 5 heteroatoms. The molecular formula is C14H15N3OS. The predicted molar refractivity (Wildman–Crippen MR) is 77.5 cm³/mol. The van der Waals surface area contributed by atoms with E-state index >= 15 is 0 Å². The fourth-order valence-corrected chi connectivity index (χ4v) is 4.12. The van der Waals surface area contributed by atoms with Crippen molar-refractivity contribution >= 4 is 32.4 Å². The van der Waals surface area contributed by atoms with Crippen molar-refractivity contribution in [3.63, 3.8) is 0 Å². The number of rotatable bonds is 1. The van der Waals surface area contributed by atoms with Gasteiger partial charge < -0.3 is 5.11 Å². The van der Waals surface area contributed by atoms with E-state index in [1.54, 1.807) is 16.3 Å². The number of aromatic nitrogens is 1. The summed E-state index contributed by atoms with van der Waals surface area (Å²) in [6.07, 6.45) is 3.16. The zero-order chi connectivity index (χ0) is 13.0. The smallest absolute Gasteiger partial charge is 0.209 e. The lowest BCUT2D eigenvalue weighted by Gasteiger charge is -2.31. The van der Waals surface area contributed by atoms with Gasteiger partial charge in [0.05, 0.1) is 10.2 Å². The van der Waals surface area contributed by atoms with Gasteiger partial charge in [0, 0.05) is 11.6 Å². The van der Waals surface area contributed by atoms with Crippen LogP contribution in [0.25, 0.3) is 10.2 Å². The van der Waals surface area contributed by atoms with Crippen molar-refractivity contribution in [3.8, 4) is 0 Å². The van der Waals surface area contributed by atoms with E-state index < -0.39 is 5.72 Å². The van der Waals surface area contributed by atoms with Crippen molar-refractivity contribution in [1.82, 2.24) is 4.98 Å². The van der Waals surface area contributed by atoms with Crippen LogP contribution in [-0.4, -0.2) is 21.5 Å². The molecule has 0 amide bonds. The summed E-state index contributed by atoms with van der Waals surface area (Å²) in [6.45, 7) is 1.85. The summed E-state index contributed by atoms with van der Waals surface area (Å²) in [5.74, 6) is 0.166. The molecule has 0 radical (unpaired) electrons. The molecule has 1 aromatic heterocycles. The van der Waals surface area contributed by atoms with Crippen molar-refractivity contribution in [1.29, 1.82) is 0 Å². The molecular weight excluding hydrogens is 258 g/mol. The predicted octanol–water partition coefficient (Wildman–Crippen LogP) is 2.98. The van der Waals surface area contributed by atoms with Crippen LogP contribution >= 0.6 is 11.3 Å². The molecule has 1 N–H and O–H groups in total. The molecule has 4 nitrogen and oxygen atoms in total. The Bertz CT molecular complexity index is 643. The first-order valence-corrected chi connectivity index (χ1v) is 7.43. The molecule has 2 aliphatic rings. The summed E-state index contributed by atoms with van der Waals surface area (Å²) in [5, 5.41) is 17.9. The molecule has 2 atom stereocenters. The molecule has 1 fully saturated rings. The second-order valence-corrected chi connectivity index (χ2v) is 6.42. The third-order valence-corrected chi connectivity index (χ3v) is 5.12. The van der Waals surface area contributed by atoms with Crippen LogP contribution in [0.4, 0.5) is 5.13 Å². The van der Waals surface area contributed by atoms with Gasteiger partial charge in [0.1, 0.15) is 0 Å². The van der Waals surface area contributed by atoms with Crippen molar-refractivity contribution in [2.45, 2.75) is 31.9 Å². The summed E-state index contributed by atoms with van der Waals surface area (Å²) in [6, 6.07) is 8.03. The second-order valence-electron chi connectivity index (χ2n) is 5.41. The first-order valence-electron chi connectivity index (χ1n) is 6.62. The topological polar surface area (TPSA) is 48.7 Å². The normalized spacial score (nSPS) is 29.9. The maximum Gasteiger partial charge on any atom is 0.209 e. The highest BCUT2D eigenvalue weighted by Gasteiger charge is 2.49. The molecule has 0 saturated heterocycles. The number of anilines is 1. The van der Waals surface area contributed by atoms with Crippen molar-refractivity contribution in [3.05, 3.63) is 24.3 Å². The van der Waals surface area contributed by atoms with Gasteiger partial charge >= 0.3 is 0 Å². The molecule has 19 heavy (non-hydrogen) atoms. The van der Waals surface area contributed by atoms with E-state index in [1.807, 2.05) is 25.1 Å². The Balaban J connectivity index is 1.81. The Kier molecular flexibility index (Phi) is 2.26. The van der Waals surface area contributed by atoms with Crippen LogP contribution in [0.5, 0.6) is 0 Å². The van der Waals surface area contributed by atoms with E-state index in [4.69, 9.17) is 0 Å². The Morgan fingerprint density at radius 3 is 3.05 bits per heavy atom. The summed E-state index contributed by atoms with van der Waals surface area (Å²) in [5.41, 5.74) is 1.17. The summed E-state index contributed by atoms with van der Waals surface area (Å²) < 4.78 is 1.13. The molecule has 2 heterocycles. The van der Waals surface area contributed by atoms with Crippen LogP contribution in [0.1, 0.15) is 26.2 Å². The highest BCUT2D eigenvalue weighted by Crippen LogP contribution is 2.44. The number of para-hydroxylation sites is 1. The van der Waals surface area contributed by atoms with E-state index in [1.165, 1.54) is 0 Å². The zero-order valence-corrected chi connectivity index (χ0v) is 11.5. The third-order valence-electron chi connectivity index (χ3n) is 4.11. The van der Waals surface area contributed by atoms with Gasteiger partial charge in [0.15, 0.2) is 5.72 Å². The minimum absolute atomic E-state index is 0.166. The van der Waals surface area contributed by atoms with Crippen molar-refractivity contribution in [2.75, 3.05) is 5.01 Å². The standard InChI is InChI=1S/C14H15N3OS/c1-14(18)9-5-4-7-10(9)16-17(14)13-15-11-6-2-3-8-12(11)19-13/h2-3,6,8-9,18H,4-5,7H2,1H3/t9-,14-/m0/s1. The maximum absolute atomic E-state index is 10.8. The number of benzene rings is 1. The van der Waals surface area contributed by atoms with E-state index in [0.717, 1.165) is 40.3 Å². The lowest BCUT2D eigenvalue weighted by molar-refractivity contribution is 0.0323. The van der Waals surface area contributed by atoms with Gasteiger partial charge in [0.2, 0.25) is 5.13 Å². The fourth-order valence-electron chi connectivity index (χ4n) is 3.10. The van der Waals surface area contributed by atoms with E-state index in [-0.39, 0.29) is 5.92 Å². The maximum atomic E-state index is 10.8. The monoisotopic (exact) mass is 273 g/mol. The molecule has 1 aliphatic carbocycles. The van der Waals surface area contributed by atoms with Gasteiger partial charge in [-0.1, -0.05) is 23.5 Å². The highest BCUT2D eigenvalue weighted by molar-refractivity contribution is 7.22. The van der Waals surface area contributed by atoms with Crippen molar-refractivity contribution in [2.24, 2.45) is 11.0 Å². The van der Waals surface area contributed by atoms with Crippen molar-refractivity contribution < 1.29 is 5.11 Å². The Labute approximate surface area is 115 Å². The molecule has 4 rings (SSSR count). The summed E-state index contributed by atoms with van der Waals surface area (Å²) >= 11 is 1.58. The third kappa shape index (κ3) is 1.55. The molecule has 2 aromatic rings. The Hall–Kier alpha value is -1.46.